The van der Waals surface area contributed by atoms with Gasteiger partial charge in [-0.3, -0.25) is 4.79 Å². The molecule has 0 bridgehead atoms. The van der Waals surface area contributed by atoms with Gasteiger partial charge in [0.25, 0.3) is 0 Å². The van der Waals surface area contributed by atoms with Crippen LogP contribution in [0.25, 0.3) is 0 Å². The topological polar surface area (TPSA) is 46.6 Å². The maximum absolute atomic E-state index is 14.1. The quantitative estimate of drug-likeness (QED) is 0.298. The van der Waals surface area contributed by atoms with Gasteiger partial charge in [-0.1, -0.05) is 67.4 Å². The molecule has 4 nitrogen and oxygen atoms in total. The molecular formula is C27H31Cl2NO3. The first-order chi connectivity index (χ1) is 15.8. The molecule has 3 rings (SSSR count). The predicted octanol–water partition coefficient (Wildman–Crippen LogP) is 6.97. The van der Waals surface area contributed by atoms with E-state index in [1.54, 1.807) is 17.9 Å². The van der Waals surface area contributed by atoms with Crippen LogP contribution in [0.2, 0.25) is 10.0 Å². The molecule has 0 radical (unpaired) electrons. The summed E-state index contributed by atoms with van der Waals surface area (Å²) < 4.78 is 5.39. The standard InChI is InChI=1S/C27H31Cl2NO3/c1-5-15-27(4)17-22(19-9-8-10-21(29)16-19)24(18-11-13-20(28)14-12-18)30(26(27)32)23(6-2)25(31)33-7-3/h5,8-14,16,22-24H,1,6-7,15,17H2,2-4H3/t22?,23-,24?,27-/m0/s1. The number of carbonyl (C=O) groups excluding carboxylic acids is 2. The normalized spacial score (nSPS) is 23.8. The first-order valence-corrected chi connectivity index (χ1v) is 12.1. The number of allylic oxidation sites excluding steroid dienone is 1. The minimum absolute atomic E-state index is 0.0690. The monoisotopic (exact) mass is 487 g/mol. The zero-order chi connectivity index (χ0) is 24.2. The van der Waals surface area contributed by atoms with Crippen LogP contribution in [0.3, 0.4) is 0 Å². The molecule has 0 N–H and O–H groups in total. The van der Waals surface area contributed by atoms with Gasteiger partial charge >= 0.3 is 5.97 Å². The number of esters is 1. The molecular weight excluding hydrogens is 457 g/mol. The number of likely N-dealkylation sites (tertiary alicyclic amines) is 1. The molecule has 2 aromatic rings. The Balaban J connectivity index is 2.24. The highest BCUT2D eigenvalue weighted by molar-refractivity contribution is 6.30. The summed E-state index contributed by atoms with van der Waals surface area (Å²) in [6.07, 6.45) is 3.33. The molecule has 1 heterocycles. The van der Waals surface area contributed by atoms with Gasteiger partial charge in [0.15, 0.2) is 0 Å². The fraction of sp³-hybridized carbons (Fsp3) is 0.407. The zero-order valence-electron chi connectivity index (χ0n) is 19.4. The van der Waals surface area contributed by atoms with Crippen LogP contribution in [0.5, 0.6) is 0 Å². The van der Waals surface area contributed by atoms with Crippen molar-refractivity contribution in [3.63, 3.8) is 0 Å². The van der Waals surface area contributed by atoms with Crippen LogP contribution in [0.4, 0.5) is 0 Å². The molecule has 1 saturated heterocycles. The number of hydrogen-bond acceptors (Lipinski definition) is 3. The van der Waals surface area contributed by atoms with E-state index in [1.165, 1.54) is 0 Å². The molecule has 1 fully saturated rings. The van der Waals surface area contributed by atoms with Gasteiger partial charge in [-0.05, 0) is 61.6 Å². The molecule has 1 amide bonds. The van der Waals surface area contributed by atoms with Crippen LogP contribution in [0.1, 0.15) is 63.1 Å². The summed E-state index contributed by atoms with van der Waals surface area (Å²) in [7, 11) is 0. The van der Waals surface area contributed by atoms with Gasteiger partial charge in [-0.15, -0.1) is 6.58 Å². The van der Waals surface area contributed by atoms with E-state index < -0.39 is 11.5 Å². The van der Waals surface area contributed by atoms with Crippen molar-refractivity contribution < 1.29 is 14.3 Å². The van der Waals surface area contributed by atoms with E-state index in [1.807, 2.05) is 62.4 Å². The van der Waals surface area contributed by atoms with E-state index in [4.69, 9.17) is 27.9 Å². The Bertz CT molecular complexity index is 1010. The number of carbonyl (C=O) groups is 2. The molecule has 0 aromatic heterocycles. The van der Waals surface area contributed by atoms with Gasteiger partial charge < -0.3 is 9.64 Å². The molecule has 2 aromatic carbocycles. The first-order valence-electron chi connectivity index (χ1n) is 11.4. The largest absolute Gasteiger partial charge is 0.464 e. The summed E-state index contributed by atoms with van der Waals surface area (Å²) in [6, 6.07) is 14.2. The van der Waals surface area contributed by atoms with Crippen LogP contribution in [-0.4, -0.2) is 29.4 Å². The molecule has 0 saturated carbocycles. The van der Waals surface area contributed by atoms with Gasteiger partial charge in [-0.25, -0.2) is 4.79 Å². The van der Waals surface area contributed by atoms with E-state index in [0.717, 1.165) is 11.1 Å². The number of hydrogen-bond donors (Lipinski definition) is 0. The number of nitrogens with zero attached hydrogens (tertiary/aromatic N) is 1. The molecule has 176 valence electrons. The number of benzene rings is 2. The maximum Gasteiger partial charge on any atom is 0.328 e. The minimum Gasteiger partial charge on any atom is -0.464 e. The number of rotatable bonds is 8. The minimum atomic E-state index is -0.711. The van der Waals surface area contributed by atoms with Gasteiger partial charge in [0.05, 0.1) is 18.1 Å². The number of ether oxygens (including phenoxy) is 1. The Morgan fingerprint density at radius 1 is 1.18 bits per heavy atom. The lowest BCUT2D eigenvalue weighted by atomic mass is 9.67. The molecule has 2 unspecified atom stereocenters. The second kappa shape index (κ2) is 10.8. The summed E-state index contributed by atoms with van der Waals surface area (Å²) in [4.78, 5) is 28.8. The molecule has 33 heavy (non-hydrogen) atoms. The van der Waals surface area contributed by atoms with E-state index >= 15 is 0 Å². The molecule has 6 heteroatoms. The van der Waals surface area contributed by atoms with E-state index in [0.29, 0.717) is 29.3 Å². The number of amides is 1. The van der Waals surface area contributed by atoms with Crippen molar-refractivity contribution in [3.05, 3.63) is 82.4 Å². The second-order valence-corrected chi connectivity index (χ2v) is 9.68. The summed E-state index contributed by atoms with van der Waals surface area (Å²) >= 11 is 12.5. The van der Waals surface area contributed by atoms with Crippen LogP contribution in [0.15, 0.2) is 61.2 Å². The second-order valence-electron chi connectivity index (χ2n) is 8.80. The summed E-state index contributed by atoms with van der Waals surface area (Å²) in [6.45, 7) is 9.78. The summed E-state index contributed by atoms with van der Waals surface area (Å²) in [5, 5.41) is 1.24. The Labute approximate surface area is 206 Å². The van der Waals surface area contributed by atoms with Gasteiger partial charge in [0, 0.05) is 16.0 Å². The van der Waals surface area contributed by atoms with Crippen molar-refractivity contribution in [2.45, 2.75) is 58.0 Å². The van der Waals surface area contributed by atoms with Crippen molar-refractivity contribution in [1.29, 1.82) is 0 Å². The van der Waals surface area contributed by atoms with Gasteiger partial charge in [0.1, 0.15) is 6.04 Å². The Morgan fingerprint density at radius 3 is 2.45 bits per heavy atom. The lowest BCUT2D eigenvalue weighted by Gasteiger charge is -2.51. The molecule has 1 aliphatic heterocycles. The van der Waals surface area contributed by atoms with E-state index in [2.05, 4.69) is 6.58 Å². The Morgan fingerprint density at radius 2 is 1.88 bits per heavy atom. The summed E-state index contributed by atoms with van der Waals surface area (Å²) in [5.41, 5.74) is 1.23. The van der Waals surface area contributed by atoms with Crippen LogP contribution >= 0.6 is 23.2 Å². The predicted molar refractivity (Wildman–Crippen MR) is 133 cm³/mol. The average molecular weight is 488 g/mol. The fourth-order valence-electron chi connectivity index (χ4n) is 4.95. The molecule has 0 aliphatic carbocycles. The van der Waals surface area contributed by atoms with Crippen molar-refractivity contribution in [2.75, 3.05) is 6.61 Å². The summed E-state index contributed by atoms with van der Waals surface area (Å²) in [5.74, 6) is -0.545. The molecule has 1 aliphatic rings. The lowest BCUT2D eigenvalue weighted by Crippen LogP contribution is -2.57. The highest BCUT2D eigenvalue weighted by Crippen LogP contribution is 2.52. The number of halogens is 2. The van der Waals surface area contributed by atoms with Crippen molar-refractivity contribution >= 4 is 35.1 Å². The fourth-order valence-corrected chi connectivity index (χ4v) is 5.27. The lowest BCUT2D eigenvalue weighted by molar-refractivity contribution is -0.166. The highest BCUT2D eigenvalue weighted by Gasteiger charge is 2.52. The van der Waals surface area contributed by atoms with Crippen molar-refractivity contribution in [3.8, 4) is 0 Å². The Kier molecular flexibility index (Phi) is 8.25. The van der Waals surface area contributed by atoms with E-state index in [-0.39, 0.29) is 30.4 Å². The highest BCUT2D eigenvalue weighted by atomic mass is 35.5. The van der Waals surface area contributed by atoms with Crippen LogP contribution in [-0.2, 0) is 14.3 Å². The average Bonchev–Trinajstić information content (AvgIpc) is 2.78. The zero-order valence-corrected chi connectivity index (χ0v) is 20.9. The first kappa shape index (κ1) is 25.3. The molecule has 0 spiro atoms. The third kappa shape index (κ3) is 5.28. The van der Waals surface area contributed by atoms with Crippen molar-refractivity contribution in [1.82, 2.24) is 4.90 Å². The Hall–Kier alpha value is -2.30. The third-order valence-electron chi connectivity index (χ3n) is 6.47. The van der Waals surface area contributed by atoms with Crippen LogP contribution in [0, 0.1) is 5.41 Å². The SMILES string of the molecule is C=CC[C@@]1(C)CC(c2cccc(Cl)c2)C(c2ccc(Cl)cc2)N([C@@H](CC)C(=O)OCC)C1=O. The maximum atomic E-state index is 14.1. The smallest absolute Gasteiger partial charge is 0.328 e. The van der Waals surface area contributed by atoms with Crippen molar-refractivity contribution in [2.24, 2.45) is 5.41 Å². The van der Waals surface area contributed by atoms with Gasteiger partial charge in [-0.2, -0.15) is 0 Å². The van der Waals surface area contributed by atoms with Gasteiger partial charge in [0.2, 0.25) is 5.91 Å². The van der Waals surface area contributed by atoms with Crippen LogP contribution < -0.4 is 0 Å². The third-order valence-corrected chi connectivity index (χ3v) is 6.95. The number of piperidine rings is 1. The molecule has 4 atom stereocenters. The van der Waals surface area contributed by atoms with E-state index in [9.17, 15) is 9.59 Å².